The standard InChI is InChI=1S/2C17H24O6.8CH4/c1-21-11-4-5-13-23-17(20)15-8-6-14(7-9-15)16(19)22-12-3-2-10-18;1-21-10-4-5-12-23-17(20)15-8-6-7-14(13-15)16(19)22-11-3-2-9-18;;;;;;;;/h6-9,18H,2-5,10-13H2,1H3;6-8,13,18H,2-5,9-12H2,1H3;8*1H4. The fourth-order valence-corrected chi connectivity index (χ4v) is 3.63. The van der Waals surface area contributed by atoms with Crippen molar-refractivity contribution in [2.45, 2.75) is 111 Å². The fourth-order valence-electron chi connectivity index (χ4n) is 3.63. The molecule has 2 rings (SSSR count). The second-order valence-corrected chi connectivity index (χ2v) is 9.96. The van der Waals surface area contributed by atoms with Crippen LogP contribution < -0.4 is 0 Å². The van der Waals surface area contributed by atoms with Gasteiger partial charge in [0.1, 0.15) is 0 Å². The van der Waals surface area contributed by atoms with E-state index in [1.165, 1.54) is 18.2 Å². The number of benzene rings is 2. The summed E-state index contributed by atoms with van der Waals surface area (Å²) in [6.07, 6.45) is 5.55. The lowest BCUT2D eigenvalue weighted by Crippen LogP contribution is -2.10. The number of aliphatic hydroxyl groups is 2. The first-order valence-electron chi connectivity index (χ1n) is 15.5. The number of ether oxygens (including phenoxy) is 6. The van der Waals surface area contributed by atoms with E-state index >= 15 is 0 Å². The van der Waals surface area contributed by atoms with Gasteiger partial charge in [0.2, 0.25) is 0 Å². The molecule has 0 spiro atoms. The van der Waals surface area contributed by atoms with Gasteiger partial charge in [-0.1, -0.05) is 65.5 Å². The van der Waals surface area contributed by atoms with Gasteiger partial charge in [-0.05, 0) is 93.8 Å². The Balaban J connectivity index is -0.000000114. The highest BCUT2D eigenvalue weighted by molar-refractivity contribution is 5.95. The highest BCUT2D eigenvalue weighted by Gasteiger charge is 2.13. The quantitative estimate of drug-likeness (QED) is 0.0662. The van der Waals surface area contributed by atoms with Crippen molar-refractivity contribution in [3.8, 4) is 0 Å². The molecule has 54 heavy (non-hydrogen) atoms. The summed E-state index contributed by atoms with van der Waals surface area (Å²) in [5.41, 5.74) is 1.41. The van der Waals surface area contributed by atoms with Gasteiger partial charge < -0.3 is 38.6 Å². The Kier molecular flexibility index (Phi) is 57.2. The fraction of sp³-hybridized carbons (Fsp3) is 0.619. The molecule has 2 aromatic carbocycles. The normalized spacial score (nSPS) is 8.81. The van der Waals surface area contributed by atoms with Crippen LogP contribution in [0, 0.1) is 0 Å². The lowest BCUT2D eigenvalue weighted by atomic mass is 10.1. The van der Waals surface area contributed by atoms with Crippen LogP contribution in [0.15, 0.2) is 48.5 Å². The first kappa shape index (κ1) is 68.2. The molecule has 0 heterocycles. The van der Waals surface area contributed by atoms with Crippen molar-refractivity contribution in [1.82, 2.24) is 0 Å². The van der Waals surface area contributed by atoms with Crippen molar-refractivity contribution in [3.63, 3.8) is 0 Å². The topological polar surface area (TPSA) is 164 Å². The van der Waals surface area contributed by atoms with Gasteiger partial charge in [0, 0.05) is 40.6 Å². The van der Waals surface area contributed by atoms with E-state index in [1.54, 1.807) is 44.6 Å². The van der Waals surface area contributed by atoms with Crippen LogP contribution >= 0.6 is 0 Å². The summed E-state index contributed by atoms with van der Waals surface area (Å²) >= 11 is 0. The van der Waals surface area contributed by atoms with Crippen LogP contribution in [0.4, 0.5) is 0 Å². The van der Waals surface area contributed by atoms with Gasteiger partial charge in [-0.15, -0.1) is 0 Å². The van der Waals surface area contributed by atoms with Crippen molar-refractivity contribution in [2.75, 3.05) is 67.1 Å². The zero-order valence-electron chi connectivity index (χ0n) is 26.9. The predicted molar refractivity (Wildman–Crippen MR) is 223 cm³/mol. The Morgan fingerprint density at radius 2 is 0.667 bits per heavy atom. The Morgan fingerprint density at radius 3 is 0.944 bits per heavy atom. The molecule has 0 bridgehead atoms. The molecule has 0 aromatic heterocycles. The van der Waals surface area contributed by atoms with Crippen LogP contribution in [0.25, 0.3) is 0 Å². The van der Waals surface area contributed by atoms with Gasteiger partial charge in [0.15, 0.2) is 0 Å². The smallest absolute Gasteiger partial charge is 0.338 e. The van der Waals surface area contributed by atoms with Crippen molar-refractivity contribution in [1.29, 1.82) is 0 Å². The number of rotatable bonds is 22. The van der Waals surface area contributed by atoms with Crippen molar-refractivity contribution >= 4 is 23.9 Å². The number of hydrogen-bond donors (Lipinski definition) is 2. The van der Waals surface area contributed by atoms with E-state index in [0.29, 0.717) is 74.4 Å². The molecule has 0 fully saturated rings. The molecule has 0 amide bonds. The summed E-state index contributed by atoms with van der Waals surface area (Å²) in [5, 5.41) is 17.3. The minimum absolute atomic E-state index is 0. The summed E-state index contributed by atoms with van der Waals surface area (Å²) in [4.78, 5) is 47.3. The summed E-state index contributed by atoms with van der Waals surface area (Å²) in [6.45, 7) is 2.61. The molecule has 0 aliphatic carbocycles. The number of methoxy groups -OCH3 is 2. The molecule has 12 nitrogen and oxygen atoms in total. The average Bonchev–Trinajstić information content (AvgIpc) is 3.08. The molecular weight excluding hydrogens is 696 g/mol. The van der Waals surface area contributed by atoms with E-state index < -0.39 is 23.9 Å². The molecule has 2 N–H and O–H groups in total. The lowest BCUT2D eigenvalue weighted by Gasteiger charge is -2.07. The molecule has 0 atom stereocenters. The molecule has 0 saturated carbocycles. The summed E-state index contributed by atoms with van der Waals surface area (Å²) < 4.78 is 30.2. The zero-order chi connectivity index (χ0) is 33.8. The van der Waals surface area contributed by atoms with Crippen LogP contribution in [-0.2, 0) is 28.4 Å². The molecule has 0 radical (unpaired) electrons. The third-order valence-corrected chi connectivity index (χ3v) is 6.21. The molecule has 0 saturated heterocycles. The largest absolute Gasteiger partial charge is 0.462 e. The maximum atomic E-state index is 11.9. The number of hydrogen-bond acceptors (Lipinski definition) is 12. The van der Waals surface area contributed by atoms with Gasteiger partial charge >= 0.3 is 23.9 Å². The van der Waals surface area contributed by atoms with E-state index in [2.05, 4.69) is 0 Å². The average molecular weight is 777 g/mol. The van der Waals surface area contributed by atoms with Gasteiger partial charge in [0.25, 0.3) is 0 Å². The molecule has 0 aliphatic heterocycles. The summed E-state index contributed by atoms with van der Waals surface area (Å²) in [6, 6.07) is 12.4. The number of unbranched alkanes of at least 4 members (excludes halogenated alkanes) is 4. The first-order chi connectivity index (χ1) is 22.4. The Labute approximate surface area is 329 Å². The molecular formula is C42H80O12. The van der Waals surface area contributed by atoms with Crippen LogP contribution in [0.3, 0.4) is 0 Å². The molecule has 320 valence electrons. The zero-order valence-corrected chi connectivity index (χ0v) is 26.9. The lowest BCUT2D eigenvalue weighted by molar-refractivity contribution is 0.0476. The minimum Gasteiger partial charge on any atom is -0.462 e. The number of esters is 4. The second-order valence-electron chi connectivity index (χ2n) is 9.96. The highest BCUT2D eigenvalue weighted by atomic mass is 16.5. The maximum Gasteiger partial charge on any atom is 0.338 e. The Morgan fingerprint density at radius 1 is 0.407 bits per heavy atom. The number of aliphatic hydroxyl groups excluding tert-OH is 2. The third kappa shape index (κ3) is 31.7. The van der Waals surface area contributed by atoms with E-state index in [-0.39, 0.29) is 85.8 Å². The Bertz CT molecular complexity index is 1140. The third-order valence-electron chi connectivity index (χ3n) is 6.21. The minimum atomic E-state index is -0.488. The highest BCUT2D eigenvalue weighted by Crippen LogP contribution is 2.10. The van der Waals surface area contributed by atoms with Crippen molar-refractivity contribution in [2.24, 2.45) is 0 Å². The van der Waals surface area contributed by atoms with Crippen LogP contribution in [0.5, 0.6) is 0 Å². The van der Waals surface area contributed by atoms with Crippen LogP contribution in [-0.4, -0.2) is 101 Å². The van der Waals surface area contributed by atoms with Crippen LogP contribution in [0.2, 0.25) is 0 Å². The number of carbonyl (C=O) groups is 4. The monoisotopic (exact) mass is 777 g/mol. The molecule has 12 heteroatoms. The van der Waals surface area contributed by atoms with Crippen molar-refractivity contribution in [3.05, 3.63) is 70.8 Å². The van der Waals surface area contributed by atoms with E-state index in [4.69, 9.17) is 38.6 Å². The van der Waals surface area contributed by atoms with Gasteiger partial charge in [0.05, 0.1) is 48.7 Å². The summed E-state index contributed by atoms with van der Waals surface area (Å²) in [5.74, 6) is -1.80. The number of carbonyl (C=O) groups excluding carboxylic acids is 4. The molecule has 0 unspecified atom stereocenters. The molecule has 0 aliphatic rings. The summed E-state index contributed by atoms with van der Waals surface area (Å²) in [7, 11) is 3.26. The van der Waals surface area contributed by atoms with E-state index in [1.807, 2.05) is 0 Å². The van der Waals surface area contributed by atoms with Crippen molar-refractivity contribution < 1.29 is 57.8 Å². The SMILES string of the molecule is C.C.C.C.C.C.C.C.COCCCCOC(=O)c1ccc(C(=O)OCCCCO)cc1.COCCCCOC(=O)c1cccc(C(=O)OCCCCO)c1. The van der Waals surface area contributed by atoms with Gasteiger partial charge in [-0.2, -0.15) is 0 Å². The van der Waals surface area contributed by atoms with Crippen LogP contribution in [0.1, 0.15) is 152 Å². The van der Waals surface area contributed by atoms with E-state index in [0.717, 1.165) is 25.7 Å². The predicted octanol–water partition coefficient (Wildman–Crippen LogP) is 9.49. The van der Waals surface area contributed by atoms with Gasteiger partial charge in [-0.25, -0.2) is 19.2 Å². The second kappa shape index (κ2) is 45.3. The Hall–Kier alpha value is -3.84. The maximum absolute atomic E-state index is 11.9. The van der Waals surface area contributed by atoms with Gasteiger partial charge in [-0.3, -0.25) is 0 Å². The first-order valence-corrected chi connectivity index (χ1v) is 15.5. The van der Waals surface area contributed by atoms with E-state index in [9.17, 15) is 19.2 Å². The molecule has 2 aromatic rings.